The molecule has 3 N–H and O–H groups in total. The quantitative estimate of drug-likeness (QED) is 0.805. The van der Waals surface area contributed by atoms with Crippen LogP contribution < -0.4 is 11.1 Å². The molecular weight excluding hydrogens is 236 g/mol. The van der Waals surface area contributed by atoms with Gasteiger partial charge in [-0.1, -0.05) is 40.5 Å². The first-order chi connectivity index (χ1) is 8.64. The summed E-state index contributed by atoms with van der Waals surface area (Å²) in [6.07, 6.45) is 5.29. The highest BCUT2D eigenvalue weighted by Gasteiger charge is 2.38. The molecule has 0 spiro atoms. The van der Waals surface area contributed by atoms with Gasteiger partial charge in [-0.05, 0) is 37.5 Å². The van der Waals surface area contributed by atoms with Gasteiger partial charge in [0, 0.05) is 12.1 Å². The fourth-order valence-electron chi connectivity index (χ4n) is 3.42. The van der Waals surface area contributed by atoms with Gasteiger partial charge in [0.15, 0.2) is 0 Å². The van der Waals surface area contributed by atoms with Gasteiger partial charge in [-0.2, -0.15) is 0 Å². The zero-order chi connectivity index (χ0) is 14.7. The van der Waals surface area contributed by atoms with Crippen LogP contribution in [-0.2, 0) is 4.79 Å². The monoisotopic (exact) mass is 268 g/mol. The summed E-state index contributed by atoms with van der Waals surface area (Å²) in [6, 6.07) is 0. The van der Waals surface area contributed by atoms with Crippen LogP contribution in [0.4, 0.5) is 0 Å². The van der Waals surface area contributed by atoms with Gasteiger partial charge < -0.3 is 11.1 Å². The van der Waals surface area contributed by atoms with Crippen molar-refractivity contribution in [3.8, 4) is 0 Å². The van der Waals surface area contributed by atoms with Crippen molar-refractivity contribution in [2.24, 2.45) is 23.0 Å². The van der Waals surface area contributed by atoms with E-state index in [2.05, 4.69) is 33.0 Å². The van der Waals surface area contributed by atoms with Gasteiger partial charge in [-0.3, -0.25) is 4.79 Å². The molecule has 1 saturated carbocycles. The van der Waals surface area contributed by atoms with E-state index >= 15 is 0 Å². The Kier molecular flexibility index (Phi) is 5.43. The van der Waals surface area contributed by atoms with E-state index in [0.717, 1.165) is 38.6 Å². The molecule has 1 aliphatic carbocycles. The van der Waals surface area contributed by atoms with Crippen LogP contribution in [0.3, 0.4) is 0 Å². The van der Waals surface area contributed by atoms with Gasteiger partial charge in [-0.15, -0.1) is 0 Å². The summed E-state index contributed by atoms with van der Waals surface area (Å²) >= 11 is 0. The van der Waals surface area contributed by atoms with Gasteiger partial charge in [0.05, 0.1) is 5.92 Å². The molecule has 3 nitrogen and oxygen atoms in total. The zero-order valence-electron chi connectivity index (χ0n) is 13.4. The van der Waals surface area contributed by atoms with Crippen molar-refractivity contribution in [1.82, 2.24) is 5.32 Å². The van der Waals surface area contributed by atoms with E-state index < -0.39 is 0 Å². The molecule has 0 aromatic rings. The second-order valence-corrected chi connectivity index (χ2v) is 7.78. The Morgan fingerprint density at radius 1 is 1.42 bits per heavy atom. The van der Waals surface area contributed by atoms with Crippen molar-refractivity contribution < 1.29 is 4.79 Å². The number of hydrogen-bond donors (Lipinski definition) is 2. The number of carbonyl (C=O) groups excluding carboxylic acids is 1. The van der Waals surface area contributed by atoms with Crippen molar-refractivity contribution in [2.75, 3.05) is 6.54 Å². The summed E-state index contributed by atoms with van der Waals surface area (Å²) in [5.74, 6) is 0.791. The minimum Gasteiger partial charge on any atom is -0.355 e. The van der Waals surface area contributed by atoms with Crippen LogP contribution in [0.1, 0.15) is 66.7 Å². The van der Waals surface area contributed by atoms with Gasteiger partial charge in [-0.25, -0.2) is 0 Å². The van der Waals surface area contributed by atoms with Crippen LogP contribution in [0, 0.1) is 17.3 Å². The fraction of sp³-hybridized carbons (Fsp3) is 0.938. The molecule has 19 heavy (non-hydrogen) atoms. The lowest BCUT2D eigenvalue weighted by Crippen LogP contribution is -2.53. The van der Waals surface area contributed by atoms with E-state index in [1.165, 1.54) is 0 Å². The third kappa shape index (κ3) is 5.13. The average molecular weight is 268 g/mol. The van der Waals surface area contributed by atoms with E-state index in [9.17, 15) is 4.79 Å². The van der Waals surface area contributed by atoms with Crippen LogP contribution in [0.15, 0.2) is 0 Å². The lowest BCUT2D eigenvalue weighted by Gasteiger charge is -2.38. The SMILES string of the molecule is CC(C)CC(C)(C)CNC(=O)C1CCCCC1(C)N. The van der Waals surface area contributed by atoms with E-state index in [1.807, 2.05) is 6.92 Å². The molecule has 0 saturated heterocycles. The molecule has 0 radical (unpaired) electrons. The summed E-state index contributed by atoms with van der Waals surface area (Å²) in [4.78, 5) is 12.4. The van der Waals surface area contributed by atoms with Crippen molar-refractivity contribution in [3.05, 3.63) is 0 Å². The van der Waals surface area contributed by atoms with E-state index in [-0.39, 0.29) is 22.8 Å². The molecule has 1 fully saturated rings. The summed E-state index contributed by atoms with van der Waals surface area (Å²) in [7, 11) is 0. The maximum absolute atomic E-state index is 12.4. The summed E-state index contributed by atoms with van der Waals surface area (Å²) < 4.78 is 0. The third-order valence-corrected chi connectivity index (χ3v) is 4.27. The molecule has 1 amide bonds. The minimum atomic E-state index is -0.329. The van der Waals surface area contributed by atoms with Crippen LogP contribution in [0.25, 0.3) is 0 Å². The summed E-state index contributed by atoms with van der Waals surface area (Å²) in [6.45, 7) is 11.7. The van der Waals surface area contributed by atoms with Gasteiger partial charge in [0.25, 0.3) is 0 Å². The number of amides is 1. The molecule has 112 valence electrons. The molecule has 0 aromatic carbocycles. The zero-order valence-corrected chi connectivity index (χ0v) is 13.4. The number of nitrogens with two attached hydrogens (primary N) is 1. The fourth-order valence-corrected chi connectivity index (χ4v) is 3.42. The lowest BCUT2D eigenvalue weighted by molar-refractivity contribution is -0.128. The molecule has 2 atom stereocenters. The van der Waals surface area contributed by atoms with Crippen LogP contribution >= 0.6 is 0 Å². The van der Waals surface area contributed by atoms with E-state index in [4.69, 9.17) is 5.73 Å². The third-order valence-electron chi connectivity index (χ3n) is 4.27. The molecule has 0 aromatic heterocycles. The molecule has 1 aliphatic rings. The Morgan fingerprint density at radius 3 is 2.58 bits per heavy atom. The Balaban J connectivity index is 2.50. The highest BCUT2D eigenvalue weighted by molar-refractivity contribution is 5.80. The first-order valence-electron chi connectivity index (χ1n) is 7.71. The van der Waals surface area contributed by atoms with Crippen LogP contribution in [0.5, 0.6) is 0 Å². The molecule has 1 rings (SSSR count). The number of carbonyl (C=O) groups is 1. The second kappa shape index (κ2) is 6.25. The standard InChI is InChI=1S/C16H32N2O/c1-12(2)10-15(3,4)11-18-14(19)13-8-6-7-9-16(13,5)17/h12-13H,6-11,17H2,1-5H3,(H,18,19). The van der Waals surface area contributed by atoms with Crippen molar-refractivity contribution in [2.45, 2.75) is 72.3 Å². The number of rotatable bonds is 5. The van der Waals surface area contributed by atoms with Crippen molar-refractivity contribution in [3.63, 3.8) is 0 Å². The van der Waals surface area contributed by atoms with Crippen LogP contribution in [0.2, 0.25) is 0 Å². The lowest BCUT2D eigenvalue weighted by atomic mass is 9.74. The Labute approximate surface area is 118 Å². The predicted molar refractivity (Wildman–Crippen MR) is 80.8 cm³/mol. The molecule has 3 heteroatoms. The van der Waals surface area contributed by atoms with Gasteiger partial charge in [0.2, 0.25) is 5.91 Å². The average Bonchev–Trinajstić information content (AvgIpc) is 2.23. The molecule has 0 aliphatic heterocycles. The first kappa shape index (κ1) is 16.5. The van der Waals surface area contributed by atoms with Crippen molar-refractivity contribution in [1.29, 1.82) is 0 Å². The molecular formula is C16H32N2O. The predicted octanol–water partition coefficient (Wildman–Crippen LogP) is 3.08. The van der Waals surface area contributed by atoms with Gasteiger partial charge >= 0.3 is 0 Å². The van der Waals surface area contributed by atoms with Gasteiger partial charge in [0.1, 0.15) is 0 Å². The van der Waals surface area contributed by atoms with Crippen molar-refractivity contribution >= 4 is 5.91 Å². The number of hydrogen-bond acceptors (Lipinski definition) is 2. The maximum atomic E-state index is 12.4. The maximum Gasteiger partial charge on any atom is 0.224 e. The normalized spacial score (nSPS) is 28.5. The Morgan fingerprint density at radius 2 is 2.05 bits per heavy atom. The molecule has 2 unspecified atom stereocenters. The topological polar surface area (TPSA) is 55.1 Å². The van der Waals surface area contributed by atoms with E-state index in [0.29, 0.717) is 5.92 Å². The largest absolute Gasteiger partial charge is 0.355 e. The second-order valence-electron chi connectivity index (χ2n) is 7.78. The highest BCUT2D eigenvalue weighted by atomic mass is 16.1. The summed E-state index contributed by atoms with van der Waals surface area (Å²) in [5, 5.41) is 3.13. The number of nitrogens with one attached hydrogen (secondary N) is 1. The Hall–Kier alpha value is -0.570. The Bertz CT molecular complexity index is 308. The molecule has 0 heterocycles. The van der Waals surface area contributed by atoms with Crippen LogP contribution in [-0.4, -0.2) is 18.0 Å². The highest BCUT2D eigenvalue weighted by Crippen LogP contribution is 2.32. The first-order valence-corrected chi connectivity index (χ1v) is 7.71. The smallest absolute Gasteiger partial charge is 0.224 e. The molecule has 0 bridgehead atoms. The minimum absolute atomic E-state index is 0.0175. The van der Waals surface area contributed by atoms with E-state index in [1.54, 1.807) is 0 Å². The summed E-state index contributed by atoms with van der Waals surface area (Å²) in [5.41, 5.74) is 6.11.